The van der Waals surface area contributed by atoms with Crippen LogP contribution in [0.1, 0.15) is 30.7 Å². The van der Waals surface area contributed by atoms with Gasteiger partial charge in [0.2, 0.25) is 0 Å². The van der Waals surface area contributed by atoms with Crippen molar-refractivity contribution in [1.29, 1.82) is 0 Å². The molecule has 0 amide bonds. The first-order chi connectivity index (χ1) is 16.2. The minimum Gasteiger partial charge on any atom is -0.368 e. The number of imidazole rings is 1. The number of aromatic amines is 2. The molecule has 1 aliphatic carbocycles. The van der Waals surface area contributed by atoms with E-state index in [2.05, 4.69) is 43.4 Å². The zero-order chi connectivity index (χ0) is 21.9. The Morgan fingerprint density at radius 1 is 1.06 bits per heavy atom. The minimum absolute atomic E-state index is 0.0797. The molecular weight excluding hydrogens is 412 g/mol. The van der Waals surface area contributed by atoms with E-state index in [1.807, 2.05) is 30.5 Å². The number of aromatic nitrogens is 4. The molecule has 0 radical (unpaired) electrons. The molecule has 7 nitrogen and oxygen atoms in total. The molecule has 2 fully saturated rings. The number of piperazine rings is 1. The normalized spacial score (nSPS) is 22.8. The highest BCUT2D eigenvalue weighted by atomic mass is 16.1. The van der Waals surface area contributed by atoms with Crippen LogP contribution in [0, 0.1) is 0 Å². The van der Waals surface area contributed by atoms with E-state index in [4.69, 9.17) is 4.98 Å². The standard InChI is InChI=1S/C26H24N6O/c33-24-6-1-15(19-7-9-27-25-20(19)8-10-28-25)11-21(24)26-30-22-5-4-18(12-23(22)31-26)32-13-16-2-3-17(14-32)29-16/h1,4-5,7-12,16-17,29H,2-3,6,13-14H2,(H,27,28)(H,30,31). The summed E-state index contributed by atoms with van der Waals surface area (Å²) in [7, 11) is 0. The second kappa shape index (κ2) is 7.15. The fraction of sp³-hybridized carbons (Fsp3) is 0.269. The summed E-state index contributed by atoms with van der Waals surface area (Å²) in [5.74, 6) is 0.716. The molecule has 5 heterocycles. The van der Waals surface area contributed by atoms with E-state index >= 15 is 0 Å². The molecule has 33 heavy (non-hydrogen) atoms. The van der Waals surface area contributed by atoms with Gasteiger partial charge in [-0.15, -0.1) is 0 Å². The van der Waals surface area contributed by atoms with Gasteiger partial charge in [-0.25, -0.2) is 9.97 Å². The lowest BCUT2D eigenvalue weighted by atomic mass is 9.92. The summed E-state index contributed by atoms with van der Waals surface area (Å²) in [5.41, 5.74) is 6.63. The zero-order valence-electron chi connectivity index (χ0n) is 18.1. The van der Waals surface area contributed by atoms with Crippen molar-refractivity contribution in [3.05, 3.63) is 66.3 Å². The molecule has 0 spiro atoms. The highest BCUT2D eigenvalue weighted by Crippen LogP contribution is 2.33. The monoisotopic (exact) mass is 436 g/mol. The van der Waals surface area contributed by atoms with Crippen LogP contribution in [0.4, 0.5) is 5.69 Å². The van der Waals surface area contributed by atoms with Crippen molar-refractivity contribution in [1.82, 2.24) is 25.3 Å². The van der Waals surface area contributed by atoms with Crippen LogP contribution in [0.25, 0.3) is 33.2 Å². The lowest BCUT2D eigenvalue weighted by Gasteiger charge is -2.34. The molecule has 4 aromatic rings. The fourth-order valence-corrected chi connectivity index (χ4v) is 5.54. The zero-order valence-corrected chi connectivity index (χ0v) is 18.1. The van der Waals surface area contributed by atoms with Gasteiger partial charge in [0, 0.05) is 55.1 Å². The Morgan fingerprint density at radius 3 is 2.82 bits per heavy atom. The van der Waals surface area contributed by atoms with Gasteiger partial charge < -0.3 is 20.2 Å². The second-order valence-electron chi connectivity index (χ2n) is 9.27. The van der Waals surface area contributed by atoms with Gasteiger partial charge in [0.1, 0.15) is 11.5 Å². The molecule has 7 rings (SSSR count). The maximum Gasteiger partial charge on any atom is 0.170 e. The number of ketones is 1. The lowest BCUT2D eigenvalue weighted by molar-refractivity contribution is -0.113. The number of benzene rings is 1. The third-order valence-electron chi connectivity index (χ3n) is 7.18. The number of hydrogen-bond acceptors (Lipinski definition) is 5. The molecule has 2 atom stereocenters. The number of Topliss-reactive ketones (excluding diaryl/α,β-unsaturated/α-hetero) is 1. The van der Waals surface area contributed by atoms with E-state index in [1.165, 1.54) is 18.5 Å². The van der Waals surface area contributed by atoms with Crippen LogP contribution >= 0.6 is 0 Å². The molecule has 2 aliphatic heterocycles. The summed E-state index contributed by atoms with van der Waals surface area (Å²) in [6, 6.07) is 11.6. The average Bonchev–Trinajstić information content (AvgIpc) is 3.56. The molecule has 164 valence electrons. The third-order valence-corrected chi connectivity index (χ3v) is 7.18. The number of rotatable bonds is 3. The molecule has 7 heteroatoms. The number of hydrogen-bond donors (Lipinski definition) is 3. The van der Waals surface area contributed by atoms with Crippen molar-refractivity contribution in [2.24, 2.45) is 0 Å². The number of anilines is 1. The Morgan fingerprint density at radius 2 is 1.94 bits per heavy atom. The highest BCUT2D eigenvalue weighted by Gasteiger charge is 2.32. The summed E-state index contributed by atoms with van der Waals surface area (Å²) < 4.78 is 0. The maximum absolute atomic E-state index is 12.8. The van der Waals surface area contributed by atoms with Gasteiger partial charge in [-0.1, -0.05) is 6.08 Å². The lowest BCUT2D eigenvalue weighted by Crippen LogP contribution is -2.51. The first kappa shape index (κ1) is 18.8. The predicted octanol–water partition coefficient (Wildman–Crippen LogP) is 3.82. The van der Waals surface area contributed by atoms with Crippen molar-refractivity contribution >= 4 is 44.7 Å². The number of pyridine rings is 1. The minimum atomic E-state index is 0.0797. The van der Waals surface area contributed by atoms with Crippen LogP contribution in [0.3, 0.4) is 0 Å². The Kier molecular flexibility index (Phi) is 4.08. The Labute approximate surface area is 190 Å². The van der Waals surface area contributed by atoms with E-state index in [-0.39, 0.29) is 5.78 Å². The molecule has 3 N–H and O–H groups in total. The Hall–Kier alpha value is -3.71. The molecule has 3 aromatic heterocycles. The van der Waals surface area contributed by atoms with Crippen molar-refractivity contribution < 1.29 is 4.79 Å². The van der Waals surface area contributed by atoms with Crippen molar-refractivity contribution in [3.8, 4) is 0 Å². The topological polar surface area (TPSA) is 89.7 Å². The summed E-state index contributed by atoms with van der Waals surface area (Å²) >= 11 is 0. The largest absolute Gasteiger partial charge is 0.368 e. The summed E-state index contributed by atoms with van der Waals surface area (Å²) in [6.07, 6.45) is 10.5. The average molecular weight is 437 g/mol. The van der Waals surface area contributed by atoms with Crippen LogP contribution in [0.5, 0.6) is 0 Å². The maximum atomic E-state index is 12.8. The fourth-order valence-electron chi connectivity index (χ4n) is 5.54. The van der Waals surface area contributed by atoms with Gasteiger partial charge in [0.05, 0.1) is 16.6 Å². The molecule has 3 aliphatic rings. The first-order valence-electron chi connectivity index (χ1n) is 11.6. The summed E-state index contributed by atoms with van der Waals surface area (Å²) in [6.45, 7) is 2.08. The smallest absolute Gasteiger partial charge is 0.170 e. The number of carbonyl (C=O) groups is 1. The molecule has 2 unspecified atom stereocenters. The van der Waals surface area contributed by atoms with E-state index in [1.54, 1.807) is 6.20 Å². The number of nitrogens with one attached hydrogen (secondary N) is 3. The van der Waals surface area contributed by atoms with Gasteiger partial charge in [-0.3, -0.25) is 4.79 Å². The van der Waals surface area contributed by atoms with Crippen LogP contribution in [0.2, 0.25) is 0 Å². The van der Waals surface area contributed by atoms with Crippen LogP contribution in [-0.4, -0.2) is 50.9 Å². The Balaban J connectivity index is 1.25. The number of fused-ring (bicyclic) bond motifs is 4. The van der Waals surface area contributed by atoms with Gasteiger partial charge in [0.25, 0.3) is 0 Å². The van der Waals surface area contributed by atoms with Gasteiger partial charge >= 0.3 is 0 Å². The van der Waals surface area contributed by atoms with E-state index in [0.29, 0.717) is 29.9 Å². The SMILES string of the molecule is O=C1CC=C(c2ccnc3[nH]ccc23)C=C1c1nc2ccc(N3CC4CCC(C3)N4)cc2[nH]1. The van der Waals surface area contributed by atoms with Crippen molar-refractivity contribution in [3.63, 3.8) is 0 Å². The second-order valence-corrected chi connectivity index (χ2v) is 9.27. The quantitative estimate of drug-likeness (QED) is 0.454. The molecule has 2 bridgehead atoms. The number of H-pyrrole nitrogens is 2. The van der Waals surface area contributed by atoms with Gasteiger partial charge in [0.15, 0.2) is 5.78 Å². The van der Waals surface area contributed by atoms with E-state index < -0.39 is 0 Å². The summed E-state index contributed by atoms with van der Waals surface area (Å²) in [5, 5.41) is 4.74. The van der Waals surface area contributed by atoms with Crippen molar-refractivity contribution in [2.45, 2.75) is 31.3 Å². The van der Waals surface area contributed by atoms with Crippen LogP contribution in [0.15, 0.2) is 54.9 Å². The van der Waals surface area contributed by atoms with E-state index in [9.17, 15) is 4.79 Å². The number of allylic oxidation sites excluding steroid dienone is 4. The van der Waals surface area contributed by atoms with Gasteiger partial charge in [-0.2, -0.15) is 0 Å². The van der Waals surface area contributed by atoms with Crippen LogP contribution in [-0.2, 0) is 4.79 Å². The van der Waals surface area contributed by atoms with Crippen molar-refractivity contribution in [2.75, 3.05) is 18.0 Å². The highest BCUT2D eigenvalue weighted by molar-refractivity contribution is 6.24. The molecular formula is C26H24N6O. The predicted molar refractivity (Wildman–Crippen MR) is 130 cm³/mol. The molecule has 0 saturated carbocycles. The number of nitrogens with zero attached hydrogens (tertiary/aromatic N) is 3. The third kappa shape index (κ3) is 3.11. The van der Waals surface area contributed by atoms with Gasteiger partial charge in [-0.05, 0) is 60.4 Å². The first-order valence-corrected chi connectivity index (χ1v) is 11.6. The molecule has 2 saturated heterocycles. The van der Waals surface area contributed by atoms with E-state index in [0.717, 1.165) is 46.3 Å². The van der Waals surface area contributed by atoms with Crippen LogP contribution < -0.4 is 10.2 Å². The number of carbonyl (C=O) groups excluding carboxylic acids is 1. The molecule has 1 aromatic carbocycles. The Bertz CT molecular complexity index is 1460. The summed E-state index contributed by atoms with van der Waals surface area (Å²) in [4.78, 5) is 31.1.